The van der Waals surface area contributed by atoms with E-state index < -0.39 is 0 Å². The van der Waals surface area contributed by atoms with Crippen LogP contribution in [0.15, 0.2) is 24.3 Å². The lowest BCUT2D eigenvalue weighted by Crippen LogP contribution is -1.95. The van der Waals surface area contributed by atoms with Gasteiger partial charge in [0.05, 0.1) is 7.11 Å². The van der Waals surface area contributed by atoms with Gasteiger partial charge in [0.15, 0.2) is 0 Å². The summed E-state index contributed by atoms with van der Waals surface area (Å²) in [7, 11) is 1.71. The van der Waals surface area contributed by atoms with Crippen molar-refractivity contribution in [2.75, 3.05) is 13.0 Å². The van der Waals surface area contributed by atoms with E-state index in [-0.39, 0.29) is 0 Å². The monoisotopic (exact) mass is 222 g/mol. The van der Waals surface area contributed by atoms with E-state index in [0.29, 0.717) is 5.92 Å². The highest BCUT2D eigenvalue weighted by Gasteiger charge is 2.17. The molecule has 0 saturated heterocycles. The van der Waals surface area contributed by atoms with E-state index in [1.165, 1.54) is 11.1 Å². The second kappa shape index (κ2) is 4.71. The number of hydrogen-bond donors (Lipinski definition) is 0. The quantitative estimate of drug-likeness (QED) is 0.704. The highest BCUT2D eigenvalue weighted by Crippen LogP contribution is 2.35. The van der Waals surface area contributed by atoms with E-state index >= 15 is 0 Å². The van der Waals surface area contributed by atoms with Gasteiger partial charge in [0, 0.05) is 11.8 Å². The molecule has 1 atom stereocenters. The van der Waals surface area contributed by atoms with Gasteiger partial charge in [-0.1, -0.05) is 18.2 Å². The van der Waals surface area contributed by atoms with E-state index in [0.717, 1.165) is 24.5 Å². The van der Waals surface area contributed by atoms with Crippen molar-refractivity contribution in [1.82, 2.24) is 0 Å². The third-order valence-corrected chi connectivity index (χ3v) is 3.12. The average molecular weight is 223 g/mol. The Morgan fingerprint density at radius 1 is 1.40 bits per heavy atom. The molecule has 1 aromatic carbocycles. The third kappa shape index (κ3) is 2.18. The molecule has 0 aromatic heterocycles. The molecule has 0 fully saturated rings. The maximum Gasteiger partial charge on any atom is 0.119 e. The summed E-state index contributed by atoms with van der Waals surface area (Å²) in [6, 6.07) is 6.26. The van der Waals surface area contributed by atoms with E-state index in [1.54, 1.807) is 7.11 Å². The number of ether oxygens (including phenoxy) is 1. The van der Waals surface area contributed by atoms with Crippen LogP contribution in [0.4, 0.5) is 0 Å². The molecule has 0 amide bonds. The Hall–Kier alpha value is -0.950. The van der Waals surface area contributed by atoms with Crippen LogP contribution in [0.5, 0.6) is 5.75 Å². The third-order valence-electron chi connectivity index (χ3n) is 2.85. The predicted molar refractivity (Wildman–Crippen MR) is 64.7 cm³/mol. The standard InChI is InChI=1S/C13H15ClO/c1-15-12-7-6-11-5-4-10(3-2-8-14)13(11)9-12/h4-7,9-10H,2-3,8H2,1H3/t10-/m1/s1. The number of hydrogen-bond acceptors (Lipinski definition) is 1. The van der Waals surface area contributed by atoms with Crippen molar-refractivity contribution in [2.24, 2.45) is 0 Å². The number of benzene rings is 1. The summed E-state index contributed by atoms with van der Waals surface area (Å²) in [6.45, 7) is 0. The number of methoxy groups -OCH3 is 1. The number of allylic oxidation sites excluding steroid dienone is 1. The van der Waals surface area contributed by atoms with Crippen LogP contribution in [0.3, 0.4) is 0 Å². The van der Waals surface area contributed by atoms with Crippen molar-refractivity contribution in [3.63, 3.8) is 0 Å². The van der Waals surface area contributed by atoms with Crippen LogP contribution in [0.1, 0.15) is 29.9 Å². The number of alkyl halides is 1. The molecule has 80 valence electrons. The Kier molecular flexibility index (Phi) is 3.32. The minimum Gasteiger partial charge on any atom is -0.497 e. The highest BCUT2D eigenvalue weighted by molar-refractivity contribution is 6.17. The minimum atomic E-state index is 0.522. The summed E-state index contributed by atoms with van der Waals surface area (Å²) in [6.07, 6.45) is 6.64. The van der Waals surface area contributed by atoms with Crippen LogP contribution < -0.4 is 4.74 Å². The normalized spacial score (nSPS) is 17.9. The van der Waals surface area contributed by atoms with Crippen LogP contribution in [0.25, 0.3) is 6.08 Å². The molecule has 0 aliphatic heterocycles. The number of fused-ring (bicyclic) bond motifs is 1. The maximum atomic E-state index is 5.72. The molecule has 0 spiro atoms. The van der Waals surface area contributed by atoms with Crippen LogP contribution in [-0.2, 0) is 0 Å². The first-order valence-corrected chi connectivity index (χ1v) is 5.80. The van der Waals surface area contributed by atoms with E-state index in [9.17, 15) is 0 Å². The van der Waals surface area contributed by atoms with Gasteiger partial charge in [-0.15, -0.1) is 11.6 Å². The summed E-state index contributed by atoms with van der Waals surface area (Å²) >= 11 is 5.72. The Labute approximate surface area is 95.7 Å². The second-order valence-electron chi connectivity index (χ2n) is 3.79. The Morgan fingerprint density at radius 3 is 3.00 bits per heavy atom. The van der Waals surface area contributed by atoms with Gasteiger partial charge < -0.3 is 4.74 Å². The lowest BCUT2D eigenvalue weighted by molar-refractivity contribution is 0.414. The summed E-state index contributed by atoms with van der Waals surface area (Å²) in [5.41, 5.74) is 2.69. The number of rotatable bonds is 4. The van der Waals surface area contributed by atoms with Crippen molar-refractivity contribution in [1.29, 1.82) is 0 Å². The molecule has 0 unspecified atom stereocenters. The van der Waals surface area contributed by atoms with Gasteiger partial charge in [-0.25, -0.2) is 0 Å². The van der Waals surface area contributed by atoms with Gasteiger partial charge in [-0.3, -0.25) is 0 Å². The van der Waals surface area contributed by atoms with Crippen LogP contribution >= 0.6 is 11.6 Å². The van der Waals surface area contributed by atoms with Crippen molar-refractivity contribution < 1.29 is 4.74 Å². The van der Waals surface area contributed by atoms with Crippen LogP contribution in [-0.4, -0.2) is 13.0 Å². The fourth-order valence-corrected chi connectivity index (χ4v) is 2.18. The average Bonchev–Trinajstić information content (AvgIpc) is 2.68. The molecule has 1 nitrogen and oxygen atoms in total. The zero-order valence-corrected chi connectivity index (χ0v) is 9.63. The molecular formula is C13H15ClO. The molecular weight excluding hydrogens is 208 g/mol. The first kappa shape index (κ1) is 10.6. The van der Waals surface area contributed by atoms with E-state index in [4.69, 9.17) is 16.3 Å². The zero-order valence-electron chi connectivity index (χ0n) is 8.87. The SMILES string of the molecule is COc1ccc2c(c1)[C@H](CCCCl)C=C2. The van der Waals surface area contributed by atoms with Gasteiger partial charge in [0.2, 0.25) is 0 Å². The van der Waals surface area contributed by atoms with Crippen LogP contribution in [0.2, 0.25) is 0 Å². The molecule has 1 aromatic rings. The molecule has 15 heavy (non-hydrogen) atoms. The second-order valence-corrected chi connectivity index (χ2v) is 4.17. The lowest BCUT2D eigenvalue weighted by atomic mass is 9.96. The molecule has 0 bridgehead atoms. The molecule has 1 aliphatic carbocycles. The fraction of sp³-hybridized carbons (Fsp3) is 0.385. The number of halogens is 1. The van der Waals surface area contributed by atoms with Crippen molar-refractivity contribution in [2.45, 2.75) is 18.8 Å². The molecule has 0 heterocycles. The van der Waals surface area contributed by atoms with Crippen molar-refractivity contribution in [3.8, 4) is 5.75 Å². The maximum absolute atomic E-state index is 5.72. The molecule has 2 heteroatoms. The van der Waals surface area contributed by atoms with Gasteiger partial charge >= 0.3 is 0 Å². The molecule has 0 radical (unpaired) electrons. The van der Waals surface area contributed by atoms with Gasteiger partial charge in [0.1, 0.15) is 5.75 Å². The fourth-order valence-electron chi connectivity index (χ4n) is 2.02. The molecule has 0 saturated carbocycles. The highest BCUT2D eigenvalue weighted by atomic mass is 35.5. The Morgan fingerprint density at radius 2 is 2.27 bits per heavy atom. The first-order valence-electron chi connectivity index (χ1n) is 5.27. The van der Waals surface area contributed by atoms with Gasteiger partial charge in [-0.2, -0.15) is 0 Å². The smallest absolute Gasteiger partial charge is 0.119 e. The van der Waals surface area contributed by atoms with Gasteiger partial charge in [0.25, 0.3) is 0 Å². The molecule has 0 N–H and O–H groups in total. The van der Waals surface area contributed by atoms with Gasteiger partial charge in [-0.05, 0) is 36.1 Å². The Bertz CT molecular complexity index is 371. The molecule has 2 rings (SSSR count). The summed E-state index contributed by atoms with van der Waals surface area (Å²) in [4.78, 5) is 0. The van der Waals surface area contributed by atoms with E-state index in [1.807, 2.05) is 6.07 Å². The first-order chi connectivity index (χ1) is 7.35. The predicted octanol–water partition coefficient (Wildman–Crippen LogP) is 3.82. The Balaban J connectivity index is 2.19. The summed E-state index contributed by atoms with van der Waals surface area (Å²) in [5.74, 6) is 2.20. The van der Waals surface area contributed by atoms with Crippen LogP contribution in [0, 0.1) is 0 Å². The summed E-state index contributed by atoms with van der Waals surface area (Å²) in [5, 5.41) is 0. The van der Waals surface area contributed by atoms with E-state index in [2.05, 4.69) is 24.3 Å². The van der Waals surface area contributed by atoms with Crippen molar-refractivity contribution in [3.05, 3.63) is 35.4 Å². The molecule has 1 aliphatic rings. The minimum absolute atomic E-state index is 0.522. The zero-order chi connectivity index (χ0) is 10.7. The van der Waals surface area contributed by atoms with Crippen molar-refractivity contribution >= 4 is 17.7 Å². The lowest BCUT2D eigenvalue weighted by Gasteiger charge is -2.11. The summed E-state index contributed by atoms with van der Waals surface area (Å²) < 4.78 is 5.24. The topological polar surface area (TPSA) is 9.23 Å². The largest absolute Gasteiger partial charge is 0.497 e.